The van der Waals surface area contributed by atoms with Gasteiger partial charge in [0.2, 0.25) is 0 Å². The van der Waals surface area contributed by atoms with Gasteiger partial charge in [0.1, 0.15) is 0 Å². The number of benzene rings is 2. The maximum atomic E-state index is 12.9. The van der Waals surface area contributed by atoms with Crippen LogP contribution in [0.3, 0.4) is 0 Å². The van der Waals surface area contributed by atoms with E-state index in [1.165, 1.54) is 24.3 Å². The van der Waals surface area contributed by atoms with Gasteiger partial charge in [-0.1, -0.05) is 18.2 Å². The van der Waals surface area contributed by atoms with Crippen molar-refractivity contribution < 1.29 is 36.2 Å². The van der Waals surface area contributed by atoms with Crippen molar-refractivity contribution >= 4 is 11.6 Å². The zero-order chi connectivity index (χ0) is 18.6. The van der Waals surface area contributed by atoms with E-state index >= 15 is 0 Å². The Morgan fingerprint density at radius 3 is 1.88 bits per heavy atom. The van der Waals surface area contributed by atoms with E-state index in [9.17, 15) is 36.2 Å². The lowest BCUT2D eigenvalue weighted by molar-refractivity contribution is -0.143. The van der Waals surface area contributed by atoms with Crippen molar-refractivity contribution in [3.63, 3.8) is 0 Å². The van der Waals surface area contributed by atoms with E-state index in [0.717, 1.165) is 0 Å². The molecule has 25 heavy (non-hydrogen) atoms. The van der Waals surface area contributed by atoms with Crippen LogP contribution in [0.5, 0.6) is 0 Å². The van der Waals surface area contributed by atoms with Crippen molar-refractivity contribution in [1.29, 1.82) is 0 Å². The number of hydrogen-bond acceptors (Lipinski definition) is 2. The number of nitrogens with zero attached hydrogens (tertiary/aromatic N) is 1. The van der Waals surface area contributed by atoms with Crippen LogP contribution in [0.1, 0.15) is 33.3 Å². The van der Waals surface area contributed by atoms with E-state index in [2.05, 4.69) is 0 Å². The molecule has 0 saturated carbocycles. The van der Waals surface area contributed by atoms with Crippen molar-refractivity contribution in [3.05, 3.63) is 64.7 Å². The first-order valence-electron chi connectivity index (χ1n) is 6.90. The highest BCUT2D eigenvalue weighted by Crippen LogP contribution is 2.42. The number of aliphatic hydroxyl groups is 1. The molecule has 1 atom stereocenters. The van der Waals surface area contributed by atoms with Crippen LogP contribution in [-0.4, -0.2) is 11.0 Å². The molecule has 1 heterocycles. The molecule has 2 aromatic carbocycles. The third kappa shape index (κ3) is 2.95. The molecule has 1 N–H and O–H groups in total. The standard InChI is InChI=1S/C16H9F6NO2/c17-15(18,19)8-5-9(16(20,21)22)7-10(6-8)23-13(24)11-3-1-2-4-12(11)14(23)25/h1-7,13,24H/t13-/m0/s1. The van der Waals surface area contributed by atoms with Gasteiger partial charge in [0.05, 0.1) is 11.1 Å². The molecule has 132 valence electrons. The summed E-state index contributed by atoms with van der Waals surface area (Å²) in [7, 11) is 0. The fraction of sp³-hybridized carbons (Fsp3) is 0.188. The lowest BCUT2D eigenvalue weighted by atomic mass is 10.1. The summed E-state index contributed by atoms with van der Waals surface area (Å²) in [5.41, 5.74) is -3.68. The van der Waals surface area contributed by atoms with Gasteiger partial charge >= 0.3 is 12.4 Å². The molecule has 1 amide bonds. The maximum Gasteiger partial charge on any atom is 0.416 e. The SMILES string of the molecule is O=C1c2ccccc2[C@H](O)N1c1cc(C(F)(F)F)cc(C(F)(F)F)c1. The molecule has 1 aliphatic rings. The maximum absolute atomic E-state index is 12.9. The molecule has 0 unspecified atom stereocenters. The van der Waals surface area contributed by atoms with Crippen molar-refractivity contribution in [2.75, 3.05) is 4.90 Å². The predicted molar refractivity (Wildman–Crippen MR) is 74.7 cm³/mol. The lowest BCUT2D eigenvalue weighted by Gasteiger charge is -2.23. The van der Waals surface area contributed by atoms with Gasteiger partial charge in [-0.05, 0) is 24.3 Å². The smallest absolute Gasteiger partial charge is 0.369 e. The van der Waals surface area contributed by atoms with Crippen LogP contribution in [-0.2, 0) is 12.4 Å². The number of halogens is 6. The minimum atomic E-state index is -5.05. The summed E-state index contributed by atoms with van der Waals surface area (Å²) in [6.07, 6.45) is -11.8. The summed E-state index contributed by atoms with van der Waals surface area (Å²) in [4.78, 5) is 12.8. The minimum absolute atomic E-state index is 0.0148. The van der Waals surface area contributed by atoms with Gasteiger partial charge in [0.15, 0.2) is 6.23 Å². The Hall–Kier alpha value is -2.55. The molecule has 3 rings (SSSR count). The molecule has 1 aliphatic heterocycles. The molecule has 0 fully saturated rings. The van der Waals surface area contributed by atoms with Crippen LogP contribution in [0, 0.1) is 0 Å². The second-order valence-corrected chi connectivity index (χ2v) is 5.40. The van der Waals surface area contributed by atoms with Crippen molar-refractivity contribution in [1.82, 2.24) is 0 Å². The van der Waals surface area contributed by atoms with Crippen LogP contribution in [0.2, 0.25) is 0 Å². The highest BCUT2D eigenvalue weighted by atomic mass is 19.4. The van der Waals surface area contributed by atoms with Gasteiger partial charge in [-0.15, -0.1) is 0 Å². The molecule has 0 aliphatic carbocycles. The van der Waals surface area contributed by atoms with E-state index in [-0.39, 0.29) is 17.2 Å². The molecular formula is C16H9F6NO2. The van der Waals surface area contributed by atoms with Gasteiger partial charge in [-0.25, -0.2) is 0 Å². The Balaban J connectivity index is 2.16. The Morgan fingerprint density at radius 1 is 0.880 bits per heavy atom. The fourth-order valence-electron chi connectivity index (χ4n) is 2.63. The van der Waals surface area contributed by atoms with Gasteiger partial charge in [-0.2, -0.15) is 26.3 Å². The second-order valence-electron chi connectivity index (χ2n) is 5.40. The highest BCUT2D eigenvalue weighted by molar-refractivity contribution is 6.10. The van der Waals surface area contributed by atoms with Crippen molar-refractivity contribution in [2.24, 2.45) is 0 Å². The van der Waals surface area contributed by atoms with Crippen molar-refractivity contribution in [3.8, 4) is 0 Å². The number of hydrogen-bond donors (Lipinski definition) is 1. The first-order chi connectivity index (χ1) is 11.5. The molecule has 2 aromatic rings. The molecular weight excluding hydrogens is 352 g/mol. The summed E-state index contributed by atoms with van der Waals surface area (Å²) < 4.78 is 77.7. The monoisotopic (exact) mass is 361 g/mol. The Labute approximate surface area is 137 Å². The second kappa shape index (κ2) is 5.48. The normalized spacial score (nSPS) is 17.8. The fourth-order valence-corrected chi connectivity index (χ4v) is 2.63. The average Bonchev–Trinajstić information content (AvgIpc) is 2.77. The van der Waals surface area contributed by atoms with Gasteiger partial charge < -0.3 is 5.11 Å². The Bertz CT molecular complexity index is 811. The zero-order valence-electron chi connectivity index (χ0n) is 12.2. The average molecular weight is 361 g/mol. The molecule has 0 bridgehead atoms. The van der Waals surface area contributed by atoms with E-state index < -0.39 is 41.3 Å². The third-order valence-electron chi connectivity index (χ3n) is 3.78. The predicted octanol–water partition coefficient (Wildman–Crippen LogP) is 4.38. The summed E-state index contributed by atoms with van der Waals surface area (Å²) in [6, 6.07) is 6.44. The largest absolute Gasteiger partial charge is 0.416 e. The van der Waals surface area contributed by atoms with Gasteiger partial charge in [0.25, 0.3) is 5.91 Å². The van der Waals surface area contributed by atoms with Gasteiger partial charge in [0, 0.05) is 16.8 Å². The summed E-state index contributed by atoms with van der Waals surface area (Å²) >= 11 is 0. The van der Waals surface area contributed by atoms with Crippen LogP contribution in [0.15, 0.2) is 42.5 Å². The minimum Gasteiger partial charge on any atom is -0.369 e. The Morgan fingerprint density at radius 2 is 1.40 bits per heavy atom. The molecule has 3 nitrogen and oxygen atoms in total. The molecule has 0 saturated heterocycles. The first kappa shape index (κ1) is 17.3. The molecule has 9 heteroatoms. The number of carbonyl (C=O) groups excluding carboxylic acids is 1. The van der Waals surface area contributed by atoms with Crippen LogP contribution in [0.25, 0.3) is 0 Å². The van der Waals surface area contributed by atoms with E-state index in [4.69, 9.17) is 0 Å². The van der Waals surface area contributed by atoms with Crippen molar-refractivity contribution in [2.45, 2.75) is 18.6 Å². The summed E-state index contributed by atoms with van der Waals surface area (Å²) in [5, 5.41) is 10.2. The van der Waals surface area contributed by atoms with Crippen LogP contribution >= 0.6 is 0 Å². The number of rotatable bonds is 1. The van der Waals surface area contributed by atoms with Gasteiger partial charge in [-0.3, -0.25) is 9.69 Å². The third-order valence-corrected chi connectivity index (χ3v) is 3.78. The number of alkyl halides is 6. The molecule has 0 radical (unpaired) electrons. The van der Waals surface area contributed by atoms with E-state index in [0.29, 0.717) is 17.0 Å². The topological polar surface area (TPSA) is 40.5 Å². The summed E-state index contributed by atoms with van der Waals surface area (Å²) in [5.74, 6) is -0.879. The number of amides is 1. The molecule has 0 spiro atoms. The summed E-state index contributed by atoms with van der Waals surface area (Å²) in [6.45, 7) is 0. The zero-order valence-corrected chi connectivity index (χ0v) is 12.2. The number of fused-ring (bicyclic) bond motifs is 1. The van der Waals surface area contributed by atoms with E-state index in [1.54, 1.807) is 0 Å². The van der Waals surface area contributed by atoms with Crippen LogP contribution < -0.4 is 4.90 Å². The molecule has 0 aromatic heterocycles. The lowest BCUT2D eigenvalue weighted by Crippen LogP contribution is -2.28. The number of carbonyl (C=O) groups is 1. The quantitative estimate of drug-likeness (QED) is 0.766. The number of aliphatic hydroxyl groups excluding tert-OH is 1. The van der Waals surface area contributed by atoms with E-state index in [1.807, 2.05) is 0 Å². The highest BCUT2D eigenvalue weighted by Gasteiger charge is 2.41. The number of anilines is 1. The first-order valence-corrected chi connectivity index (χ1v) is 6.90. The Kier molecular flexibility index (Phi) is 3.79. The van der Waals surface area contributed by atoms with Crippen LogP contribution in [0.4, 0.5) is 32.0 Å².